The fourth-order valence-corrected chi connectivity index (χ4v) is 0.284. The second kappa shape index (κ2) is 1.30. The first-order valence-electron chi connectivity index (χ1n) is 1.84. The Morgan fingerprint density at radius 3 is 2.67 bits per heavy atom. The molecule has 0 saturated heterocycles. The summed E-state index contributed by atoms with van der Waals surface area (Å²) in [7, 11) is 0. The molecule has 1 N–H and O–H groups in total. The summed E-state index contributed by atoms with van der Waals surface area (Å²) in [6, 6.07) is 0. The zero-order valence-corrected chi connectivity index (χ0v) is 3.35. The van der Waals surface area contributed by atoms with Crippen molar-refractivity contribution < 1.29 is 9.84 Å². The highest BCUT2D eigenvalue weighted by Gasteiger charge is 2.02. The van der Waals surface area contributed by atoms with Crippen LogP contribution in [-0.2, 0) is 4.74 Å². The summed E-state index contributed by atoms with van der Waals surface area (Å²) in [5, 5.41) is 8.24. The Balaban J connectivity index is 2.32. The van der Waals surface area contributed by atoms with Gasteiger partial charge in [0, 0.05) is 5.57 Å². The predicted molar refractivity (Wildman–Crippen MR) is 21.1 cm³/mol. The van der Waals surface area contributed by atoms with Crippen LogP contribution in [0.3, 0.4) is 0 Å². The molecular weight excluding hydrogens is 80.0 g/mol. The molecule has 2 nitrogen and oxygen atoms in total. The third-order valence-corrected chi connectivity index (χ3v) is 0.722. The maximum absolute atomic E-state index is 8.24. The molecular formula is C4H6O2. The lowest BCUT2D eigenvalue weighted by Gasteiger charge is -2.11. The van der Waals surface area contributed by atoms with Crippen molar-refractivity contribution in [2.45, 2.75) is 0 Å². The lowest BCUT2D eigenvalue weighted by atomic mass is 10.3. The molecule has 0 aromatic heterocycles. The Hall–Kier alpha value is -0.500. The summed E-state index contributed by atoms with van der Waals surface area (Å²) < 4.78 is 4.60. The van der Waals surface area contributed by atoms with Gasteiger partial charge in [-0.2, -0.15) is 0 Å². The minimum Gasteiger partial charge on any atom is -0.496 e. The van der Waals surface area contributed by atoms with Gasteiger partial charge in [0.15, 0.2) is 0 Å². The molecule has 0 spiro atoms. The van der Waals surface area contributed by atoms with Crippen LogP contribution in [0.4, 0.5) is 0 Å². The highest BCUT2D eigenvalue weighted by molar-refractivity contribution is 5.05. The zero-order chi connectivity index (χ0) is 4.41. The standard InChI is InChI=1S/C4H6O2/c5-1-4-2-6-3-4/h2,5H,1,3H2. The fraction of sp³-hybridized carbons (Fsp3) is 0.500. The molecule has 0 saturated carbocycles. The molecule has 34 valence electrons. The Morgan fingerprint density at radius 1 is 2.00 bits per heavy atom. The zero-order valence-electron chi connectivity index (χ0n) is 3.35. The Kier molecular flexibility index (Phi) is 0.801. The van der Waals surface area contributed by atoms with Crippen molar-refractivity contribution in [3.8, 4) is 0 Å². The van der Waals surface area contributed by atoms with E-state index in [0.29, 0.717) is 6.61 Å². The molecule has 0 atom stereocenters. The number of rotatable bonds is 1. The molecule has 0 aromatic carbocycles. The van der Waals surface area contributed by atoms with E-state index in [1.165, 1.54) is 0 Å². The van der Waals surface area contributed by atoms with Gasteiger partial charge in [-0.25, -0.2) is 0 Å². The maximum atomic E-state index is 8.24. The van der Waals surface area contributed by atoms with Crippen molar-refractivity contribution in [2.24, 2.45) is 0 Å². The minimum absolute atomic E-state index is 0.153. The van der Waals surface area contributed by atoms with Crippen LogP contribution in [0.5, 0.6) is 0 Å². The van der Waals surface area contributed by atoms with E-state index in [1.54, 1.807) is 6.26 Å². The van der Waals surface area contributed by atoms with E-state index in [-0.39, 0.29) is 6.61 Å². The third kappa shape index (κ3) is 0.389. The van der Waals surface area contributed by atoms with Crippen LogP contribution in [0.1, 0.15) is 0 Å². The number of aliphatic hydroxyl groups is 1. The van der Waals surface area contributed by atoms with Crippen LogP contribution in [0.2, 0.25) is 0 Å². The van der Waals surface area contributed by atoms with Gasteiger partial charge in [0.25, 0.3) is 0 Å². The van der Waals surface area contributed by atoms with Gasteiger partial charge in [-0.05, 0) is 0 Å². The van der Waals surface area contributed by atoms with Gasteiger partial charge in [0.2, 0.25) is 0 Å². The van der Waals surface area contributed by atoms with Crippen molar-refractivity contribution >= 4 is 0 Å². The van der Waals surface area contributed by atoms with Gasteiger partial charge in [-0.3, -0.25) is 0 Å². The van der Waals surface area contributed by atoms with Crippen molar-refractivity contribution in [1.29, 1.82) is 0 Å². The minimum atomic E-state index is 0.153. The second-order valence-electron chi connectivity index (χ2n) is 1.25. The maximum Gasteiger partial charge on any atom is 0.114 e. The van der Waals surface area contributed by atoms with Crippen LogP contribution in [0.25, 0.3) is 0 Å². The third-order valence-electron chi connectivity index (χ3n) is 0.722. The highest BCUT2D eigenvalue weighted by atomic mass is 16.5. The summed E-state index contributed by atoms with van der Waals surface area (Å²) in [6.45, 7) is 0.774. The van der Waals surface area contributed by atoms with Crippen LogP contribution in [0, 0.1) is 0 Å². The molecule has 1 rings (SSSR count). The molecule has 1 aliphatic heterocycles. The van der Waals surface area contributed by atoms with E-state index in [1.807, 2.05) is 0 Å². The molecule has 0 aliphatic carbocycles. The van der Waals surface area contributed by atoms with E-state index >= 15 is 0 Å². The van der Waals surface area contributed by atoms with Gasteiger partial charge in [0.1, 0.15) is 6.61 Å². The molecule has 2 heteroatoms. The molecule has 0 bridgehead atoms. The summed E-state index contributed by atoms with van der Waals surface area (Å²) in [6.07, 6.45) is 1.57. The van der Waals surface area contributed by atoms with E-state index in [9.17, 15) is 0 Å². The molecule has 0 unspecified atom stereocenters. The smallest absolute Gasteiger partial charge is 0.114 e. The average molecular weight is 86.1 g/mol. The van der Waals surface area contributed by atoms with Crippen LogP contribution in [-0.4, -0.2) is 18.3 Å². The van der Waals surface area contributed by atoms with Crippen molar-refractivity contribution in [1.82, 2.24) is 0 Å². The van der Waals surface area contributed by atoms with Crippen LogP contribution >= 0.6 is 0 Å². The van der Waals surface area contributed by atoms with Crippen LogP contribution < -0.4 is 0 Å². The molecule has 0 amide bonds. The number of hydrogen-bond acceptors (Lipinski definition) is 2. The number of hydrogen-bond donors (Lipinski definition) is 1. The second-order valence-corrected chi connectivity index (χ2v) is 1.25. The fourth-order valence-electron chi connectivity index (χ4n) is 0.284. The van der Waals surface area contributed by atoms with E-state index < -0.39 is 0 Å². The van der Waals surface area contributed by atoms with Gasteiger partial charge in [0.05, 0.1) is 12.9 Å². The Bertz CT molecular complexity index is 75.6. The van der Waals surface area contributed by atoms with Gasteiger partial charge in [-0.15, -0.1) is 0 Å². The topological polar surface area (TPSA) is 29.5 Å². The molecule has 1 aliphatic rings. The summed E-state index contributed by atoms with van der Waals surface area (Å²) in [5.41, 5.74) is 0.981. The average Bonchev–Trinajstić information content (AvgIpc) is 1.31. The number of ether oxygens (including phenoxy) is 1. The van der Waals surface area contributed by atoms with Crippen molar-refractivity contribution in [2.75, 3.05) is 13.2 Å². The summed E-state index contributed by atoms with van der Waals surface area (Å²) in [5.74, 6) is 0. The lowest BCUT2D eigenvalue weighted by molar-refractivity contribution is 0.190. The van der Waals surface area contributed by atoms with E-state index in [0.717, 1.165) is 5.57 Å². The molecule has 6 heavy (non-hydrogen) atoms. The van der Waals surface area contributed by atoms with E-state index in [2.05, 4.69) is 4.74 Å². The molecule has 0 fully saturated rings. The van der Waals surface area contributed by atoms with Crippen molar-refractivity contribution in [3.05, 3.63) is 11.8 Å². The van der Waals surface area contributed by atoms with Gasteiger partial charge < -0.3 is 9.84 Å². The first-order valence-corrected chi connectivity index (χ1v) is 1.84. The monoisotopic (exact) mass is 86.0 g/mol. The van der Waals surface area contributed by atoms with Crippen LogP contribution in [0.15, 0.2) is 11.8 Å². The summed E-state index contributed by atoms with van der Waals surface area (Å²) >= 11 is 0. The normalized spacial score (nSPS) is 17.8. The first-order chi connectivity index (χ1) is 2.93. The van der Waals surface area contributed by atoms with E-state index in [4.69, 9.17) is 5.11 Å². The van der Waals surface area contributed by atoms with Gasteiger partial charge >= 0.3 is 0 Å². The number of aliphatic hydroxyl groups excluding tert-OH is 1. The predicted octanol–water partition coefficient (Wildman–Crippen LogP) is -0.107. The SMILES string of the molecule is OCC1=COC1. The Morgan fingerprint density at radius 2 is 2.67 bits per heavy atom. The van der Waals surface area contributed by atoms with Crippen molar-refractivity contribution in [3.63, 3.8) is 0 Å². The summed E-state index contributed by atoms with van der Waals surface area (Å²) in [4.78, 5) is 0. The highest BCUT2D eigenvalue weighted by Crippen LogP contribution is 2.03. The quantitative estimate of drug-likeness (QED) is 0.482. The molecule has 1 heterocycles. The molecule has 0 aromatic rings. The Labute approximate surface area is 36.0 Å². The molecule has 0 radical (unpaired) electrons. The largest absolute Gasteiger partial charge is 0.496 e. The lowest BCUT2D eigenvalue weighted by Crippen LogP contribution is -2.07. The van der Waals surface area contributed by atoms with Gasteiger partial charge in [-0.1, -0.05) is 0 Å². The first kappa shape index (κ1) is 3.68.